The van der Waals surface area contributed by atoms with E-state index in [2.05, 4.69) is 19.6 Å². The van der Waals surface area contributed by atoms with Gasteiger partial charge in [0.25, 0.3) is 0 Å². The number of hydrogen-bond acceptors (Lipinski definition) is 10. The van der Waals surface area contributed by atoms with Gasteiger partial charge >= 0.3 is 11.9 Å². The van der Waals surface area contributed by atoms with E-state index in [4.69, 9.17) is 32.5 Å². The SMILES string of the molecule is N=C(N)c1ccc(N2CCN(C3CCN(CC(=O)O)CC3)CC2)cc1.N=C(N)c1ccc(N2CCN(C3CCN(CC(=O)O)CC3)CC2)cc1. The molecule has 0 aromatic heterocycles. The van der Waals surface area contributed by atoms with Crippen molar-refractivity contribution in [2.75, 3.05) is 101 Å². The normalized spacial score (nSPS) is 20.6. The number of likely N-dealkylation sites (tertiary alicyclic amines) is 2. The third-order valence-electron chi connectivity index (χ3n) is 10.6. The molecule has 4 fully saturated rings. The van der Waals surface area contributed by atoms with E-state index in [1.165, 1.54) is 11.4 Å². The maximum absolute atomic E-state index is 10.8. The van der Waals surface area contributed by atoms with Gasteiger partial charge in [-0.25, -0.2) is 0 Å². The second kappa shape index (κ2) is 17.6. The first-order valence-electron chi connectivity index (χ1n) is 17.8. The molecule has 0 saturated carbocycles. The number of nitrogens with zero attached hydrogens (tertiary/aromatic N) is 6. The molecular weight excluding hydrogens is 636 g/mol. The third kappa shape index (κ3) is 10.4. The number of benzene rings is 2. The van der Waals surface area contributed by atoms with Crippen molar-refractivity contribution < 1.29 is 19.8 Å². The van der Waals surface area contributed by atoms with E-state index in [1.54, 1.807) is 0 Å². The Morgan fingerprint density at radius 3 is 1.10 bits per heavy atom. The zero-order valence-corrected chi connectivity index (χ0v) is 29.1. The Bertz CT molecular complexity index is 1310. The summed E-state index contributed by atoms with van der Waals surface area (Å²) in [6, 6.07) is 16.9. The second-order valence-corrected chi connectivity index (χ2v) is 13.8. The molecule has 50 heavy (non-hydrogen) atoms. The molecule has 0 spiro atoms. The molecule has 2 aromatic rings. The first-order valence-corrected chi connectivity index (χ1v) is 17.8. The molecule has 0 bridgehead atoms. The number of amidine groups is 2. The summed E-state index contributed by atoms with van der Waals surface area (Å²) in [6.45, 7) is 12.0. The maximum atomic E-state index is 10.8. The fourth-order valence-electron chi connectivity index (χ4n) is 7.66. The number of nitrogen functional groups attached to an aromatic ring is 2. The van der Waals surface area contributed by atoms with Gasteiger partial charge in [-0.15, -0.1) is 0 Å². The molecule has 14 heteroatoms. The van der Waals surface area contributed by atoms with Crippen LogP contribution in [0.1, 0.15) is 36.8 Å². The number of rotatable bonds is 10. The van der Waals surface area contributed by atoms with E-state index >= 15 is 0 Å². The van der Waals surface area contributed by atoms with Crippen molar-refractivity contribution in [2.24, 2.45) is 11.5 Å². The highest BCUT2D eigenvalue weighted by atomic mass is 16.4. The van der Waals surface area contributed by atoms with Crippen LogP contribution in [-0.2, 0) is 9.59 Å². The molecule has 0 amide bonds. The predicted molar refractivity (Wildman–Crippen MR) is 197 cm³/mol. The smallest absolute Gasteiger partial charge is 0.317 e. The summed E-state index contributed by atoms with van der Waals surface area (Å²) < 4.78 is 0. The molecule has 14 nitrogen and oxygen atoms in total. The maximum Gasteiger partial charge on any atom is 0.317 e. The standard InChI is InChI=1S/2C18H27N5O2/c2*19-18(20)14-1-3-15(4-2-14)22-9-11-23(12-10-22)16-5-7-21(8-6-16)13-17(24)25/h2*1-4,16H,5-13H2,(H3,19,20)(H,24,25). The van der Waals surface area contributed by atoms with Crippen LogP contribution in [0.15, 0.2) is 48.5 Å². The molecule has 0 aliphatic carbocycles. The van der Waals surface area contributed by atoms with Crippen LogP contribution in [-0.4, -0.2) is 157 Å². The Balaban J connectivity index is 0.000000194. The van der Waals surface area contributed by atoms with Gasteiger partial charge in [-0.05, 0) is 74.2 Å². The van der Waals surface area contributed by atoms with Crippen LogP contribution >= 0.6 is 0 Å². The zero-order chi connectivity index (χ0) is 35.6. The summed E-state index contributed by atoms with van der Waals surface area (Å²) in [5, 5.41) is 32.7. The third-order valence-corrected chi connectivity index (χ3v) is 10.6. The average Bonchev–Trinajstić information content (AvgIpc) is 3.12. The molecule has 2 aromatic carbocycles. The first-order chi connectivity index (χ1) is 24.0. The molecule has 0 atom stereocenters. The molecule has 6 rings (SSSR count). The highest BCUT2D eigenvalue weighted by Gasteiger charge is 2.29. The lowest BCUT2D eigenvalue weighted by atomic mass is 10.0. The molecule has 272 valence electrons. The Labute approximate surface area is 295 Å². The molecular formula is C36H54N10O4. The van der Waals surface area contributed by atoms with Crippen molar-refractivity contribution in [2.45, 2.75) is 37.8 Å². The fourth-order valence-corrected chi connectivity index (χ4v) is 7.66. The van der Waals surface area contributed by atoms with Crippen LogP contribution < -0.4 is 21.3 Å². The molecule has 0 radical (unpaired) electrons. The van der Waals surface area contributed by atoms with Gasteiger partial charge in [-0.1, -0.05) is 0 Å². The van der Waals surface area contributed by atoms with Crippen LogP contribution in [0.5, 0.6) is 0 Å². The largest absolute Gasteiger partial charge is 0.480 e. The highest BCUT2D eigenvalue weighted by molar-refractivity contribution is 5.95. The van der Waals surface area contributed by atoms with E-state index in [9.17, 15) is 9.59 Å². The minimum absolute atomic E-state index is 0.102. The second-order valence-electron chi connectivity index (χ2n) is 13.8. The fraction of sp³-hybridized carbons (Fsp3) is 0.556. The number of carbonyl (C=O) groups is 2. The summed E-state index contributed by atoms with van der Waals surface area (Å²) in [4.78, 5) is 35.5. The van der Waals surface area contributed by atoms with Crippen molar-refractivity contribution in [1.82, 2.24) is 19.6 Å². The van der Waals surface area contributed by atoms with Crippen LogP contribution in [0.3, 0.4) is 0 Å². The molecule has 4 saturated heterocycles. The predicted octanol–water partition coefficient (Wildman–Crippen LogP) is 1.28. The van der Waals surface area contributed by atoms with E-state index < -0.39 is 11.9 Å². The van der Waals surface area contributed by atoms with Gasteiger partial charge in [-0.2, -0.15) is 0 Å². The number of carboxylic acid groups (broad SMARTS) is 2. The number of hydrogen-bond donors (Lipinski definition) is 6. The van der Waals surface area contributed by atoms with Crippen LogP contribution in [0, 0.1) is 10.8 Å². The minimum Gasteiger partial charge on any atom is -0.480 e. The molecule has 0 unspecified atom stereocenters. The van der Waals surface area contributed by atoms with Crippen LogP contribution in [0.25, 0.3) is 0 Å². The number of anilines is 2. The monoisotopic (exact) mass is 690 g/mol. The molecule has 4 heterocycles. The van der Waals surface area contributed by atoms with Gasteiger partial charge in [0.2, 0.25) is 0 Å². The van der Waals surface area contributed by atoms with Crippen molar-refractivity contribution >= 4 is 35.0 Å². The lowest BCUT2D eigenvalue weighted by Crippen LogP contribution is -2.53. The number of piperidine rings is 2. The van der Waals surface area contributed by atoms with E-state index in [-0.39, 0.29) is 24.8 Å². The summed E-state index contributed by atoms with van der Waals surface area (Å²) in [6.07, 6.45) is 4.22. The number of aliphatic carboxylic acids is 2. The van der Waals surface area contributed by atoms with Gasteiger partial charge in [0.05, 0.1) is 13.1 Å². The van der Waals surface area contributed by atoms with E-state index in [0.29, 0.717) is 12.1 Å². The highest BCUT2D eigenvalue weighted by Crippen LogP contribution is 2.23. The van der Waals surface area contributed by atoms with Gasteiger partial charge < -0.3 is 31.5 Å². The van der Waals surface area contributed by atoms with Crippen molar-refractivity contribution in [3.63, 3.8) is 0 Å². The summed E-state index contributed by atoms with van der Waals surface area (Å²) >= 11 is 0. The molecule has 8 N–H and O–H groups in total. The van der Waals surface area contributed by atoms with Crippen molar-refractivity contribution in [1.29, 1.82) is 10.8 Å². The molecule has 4 aliphatic rings. The van der Waals surface area contributed by atoms with Gasteiger partial charge in [0.15, 0.2) is 0 Å². The zero-order valence-electron chi connectivity index (χ0n) is 29.1. The summed E-state index contributed by atoms with van der Waals surface area (Å²) in [5.74, 6) is -1.26. The number of nitrogens with one attached hydrogen (secondary N) is 2. The van der Waals surface area contributed by atoms with Gasteiger partial charge in [0.1, 0.15) is 11.7 Å². The van der Waals surface area contributed by atoms with Crippen molar-refractivity contribution in [3.8, 4) is 0 Å². The first kappa shape index (κ1) is 37.0. The summed E-state index contributed by atoms with van der Waals surface area (Å²) in [7, 11) is 0. The van der Waals surface area contributed by atoms with Crippen LogP contribution in [0.2, 0.25) is 0 Å². The topological polar surface area (TPSA) is 194 Å². The van der Waals surface area contributed by atoms with Crippen LogP contribution in [0.4, 0.5) is 11.4 Å². The lowest BCUT2D eigenvalue weighted by molar-refractivity contribution is -0.139. The molecule has 4 aliphatic heterocycles. The van der Waals surface area contributed by atoms with Gasteiger partial charge in [-0.3, -0.25) is 40.0 Å². The Morgan fingerprint density at radius 2 is 0.840 bits per heavy atom. The van der Waals surface area contributed by atoms with E-state index in [1.807, 2.05) is 58.3 Å². The van der Waals surface area contributed by atoms with Crippen molar-refractivity contribution in [3.05, 3.63) is 59.7 Å². The Kier molecular flexibility index (Phi) is 13.0. The number of piperazine rings is 2. The number of carboxylic acids is 2. The average molecular weight is 691 g/mol. The lowest BCUT2D eigenvalue weighted by Gasteiger charge is -2.43. The van der Waals surface area contributed by atoms with E-state index in [0.717, 1.165) is 115 Å². The number of nitrogens with two attached hydrogens (primary N) is 2. The quantitative estimate of drug-likeness (QED) is 0.155. The van der Waals surface area contributed by atoms with Gasteiger partial charge in [0, 0.05) is 113 Å². The Hall–Kier alpha value is -4.24. The minimum atomic E-state index is -0.733. The Morgan fingerprint density at radius 1 is 0.540 bits per heavy atom. The summed E-state index contributed by atoms with van der Waals surface area (Å²) in [5.41, 5.74) is 14.9.